The quantitative estimate of drug-likeness (QED) is 0.635. The highest BCUT2D eigenvalue weighted by atomic mass is 16.1. The van der Waals surface area contributed by atoms with E-state index in [1.54, 1.807) is 16.8 Å². The first-order valence-corrected chi connectivity index (χ1v) is 11.5. The van der Waals surface area contributed by atoms with Gasteiger partial charge in [-0.3, -0.25) is 9.36 Å². The summed E-state index contributed by atoms with van der Waals surface area (Å²) in [6.45, 7) is 4.27. The number of benzene rings is 1. The fourth-order valence-electron chi connectivity index (χ4n) is 4.89. The third-order valence-electron chi connectivity index (χ3n) is 6.80. The Kier molecular flexibility index (Phi) is 5.62. The summed E-state index contributed by atoms with van der Waals surface area (Å²) in [6.07, 6.45) is 6.48. The molecule has 7 nitrogen and oxygen atoms in total. The van der Waals surface area contributed by atoms with Gasteiger partial charge in [0.15, 0.2) is 0 Å². The first-order chi connectivity index (χ1) is 15.6. The van der Waals surface area contributed by atoms with Crippen LogP contribution >= 0.6 is 0 Å². The molecule has 7 heteroatoms. The van der Waals surface area contributed by atoms with E-state index < -0.39 is 0 Å². The number of rotatable bonds is 4. The zero-order valence-electron chi connectivity index (χ0n) is 18.5. The summed E-state index contributed by atoms with van der Waals surface area (Å²) in [7, 11) is 2.16. The number of pyridine rings is 1. The van der Waals surface area contributed by atoms with Crippen molar-refractivity contribution >= 4 is 16.7 Å². The lowest BCUT2D eigenvalue weighted by molar-refractivity contribution is 0.313. The van der Waals surface area contributed by atoms with Crippen LogP contribution in [0, 0.1) is 11.3 Å². The lowest BCUT2D eigenvalue weighted by atomic mass is 10.1. The number of anilines is 1. The monoisotopic (exact) mass is 428 g/mol. The van der Waals surface area contributed by atoms with Crippen molar-refractivity contribution < 1.29 is 0 Å². The summed E-state index contributed by atoms with van der Waals surface area (Å²) < 4.78 is 1.75. The fraction of sp³-hybridized carbons (Fsp3) is 0.440. The molecule has 3 heterocycles. The second-order valence-electron chi connectivity index (χ2n) is 8.98. The van der Waals surface area contributed by atoms with Crippen LogP contribution in [-0.2, 0) is 6.42 Å². The van der Waals surface area contributed by atoms with Crippen molar-refractivity contribution in [3.63, 3.8) is 0 Å². The Balaban J connectivity index is 1.43. The Morgan fingerprint density at radius 1 is 1.09 bits per heavy atom. The maximum absolute atomic E-state index is 13.0. The Morgan fingerprint density at radius 2 is 1.81 bits per heavy atom. The maximum atomic E-state index is 13.0. The average Bonchev–Trinajstić information content (AvgIpc) is 3.34. The van der Waals surface area contributed by atoms with E-state index in [0.29, 0.717) is 17.9 Å². The number of hydrogen-bond acceptors (Lipinski definition) is 6. The highest BCUT2D eigenvalue weighted by molar-refractivity contribution is 5.76. The predicted octanol–water partition coefficient (Wildman–Crippen LogP) is 3.12. The van der Waals surface area contributed by atoms with Crippen molar-refractivity contribution in [1.82, 2.24) is 19.4 Å². The van der Waals surface area contributed by atoms with Gasteiger partial charge in [0.25, 0.3) is 5.56 Å². The average molecular weight is 429 g/mol. The van der Waals surface area contributed by atoms with Crippen LogP contribution in [0.5, 0.6) is 0 Å². The van der Waals surface area contributed by atoms with Crippen molar-refractivity contribution in [3.05, 3.63) is 63.8 Å². The van der Waals surface area contributed by atoms with Gasteiger partial charge in [-0.1, -0.05) is 25.0 Å². The molecule has 2 fully saturated rings. The number of piperazine rings is 1. The number of hydrogen-bond donors (Lipinski definition) is 0. The van der Waals surface area contributed by atoms with Crippen molar-refractivity contribution in [3.8, 4) is 6.07 Å². The van der Waals surface area contributed by atoms with Gasteiger partial charge in [-0.15, -0.1) is 0 Å². The van der Waals surface area contributed by atoms with Gasteiger partial charge in [-0.25, -0.2) is 9.97 Å². The number of aromatic nitrogens is 3. The third kappa shape index (κ3) is 3.98. The van der Waals surface area contributed by atoms with Crippen molar-refractivity contribution in [1.29, 1.82) is 5.26 Å². The Morgan fingerprint density at radius 3 is 2.50 bits per heavy atom. The van der Waals surface area contributed by atoms with E-state index in [2.05, 4.69) is 46.1 Å². The third-order valence-corrected chi connectivity index (χ3v) is 6.80. The Labute approximate surface area is 187 Å². The highest BCUT2D eigenvalue weighted by Gasteiger charge is 2.23. The number of nitriles is 1. The second-order valence-corrected chi connectivity index (χ2v) is 8.98. The molecule has 1 aromatic carbocycles. The molecule has 0 atom stereocenters. The summed E-state index contributed by atoms with van der Waals surface area (Å²) in [4.78, 5) is 27.1. The van der Waals surface area contributed by atoms with Gasteiger partial charge in [0, 0.05) is 55.9 Å². The molecule has 1 saturated carbocycles. The van der Waals surface area contributed by atoms with E-state index in [1.807, 2.05) is 6.07 Å². The molecule has 32 heavy (non-hydrogen) atoms. The second kappa shape index (κ2) is 8.71. The molecule has 0 amide bonds. The molecule has 2 aromatic heterocycles. The molecule has 0 spiro atoms. The molecule has 1 saturated heterocycles. The molecule has 2 aliphatic rings. The van der Waals surface area contributed by atoms with Crippen LogP contribution in [0.25, 0.3) is 11.0 Å². The van der Waals surface area contributed by atoms with Gasteiger partial charge in [-0.05, 0) is 43.7 Å². The van der Waals surface area contributed by atoms with E-state index >= 15 is 0 Å². The molecule has 0 N–H and O–H groups in total. The minimum Gasteiger partial charge on any atom is -0.369 e. The first-order valence-electron chi connectivity index (χ1n) is 11.5. The standard InChI is InChI=1S/C25H28N6O/c1-29-10-12-30(13-11-29)21-8-6-18(7-9-21)14-23-27-17-20-15-19(16-26)25(32)31(24(20)28-23)22-4-2-3-5-22/h6-9,15,17,22H,2-5,10-14H2,1H3. The molecule has 5 rings (SSSR count). The topological polar surface area (TPSA) is 78.0 Å². The molecule has 1 aliphatic heterocycles. The predicted molar refractivity (Wildman–Crippen MR) is 125 cm³/mol. The smallest absolute Gasteiger partial charge is 0.270 e. The Bertz CT molecular complexity index is 1210. The van der Waals surface area contributed by atoms with E-state index in [1.165, 1.54) is 5.69 Å². The van der Waals surface area contributed by atoms with Gasteiger partial charge in [-0.2, -0.15) is 5.26 Å². The maximum Gasteiger partial charge on any atom is 0.270 e. The molecule has 0 radical (unpaired) electrons. The number of fused-ring (bicyclic) bond motifs is 1. The number of nitrogens with zero attached hydrogens (tertiary/aromatic N) is 6. The van der Waals surface area contributed by atoms with Gasteiger partial charge in [0.1, 0.15) is 23.1 Å². The summed E-state index contributed by atoms with van der Waals surface area (Å²) in [5.74, 6) is 0.695. The molecule has 164 valence electrons. The van der Waals surface area contributed by atoms with Crippen LogP contribution in [0.2, 0.25) is 0 Å². The van der Waals surface area contributed by atoms with Crippen LogP contribution in [-0.4, -0.2) is 52.7 Å². The van der Waals surface area contributed by atoms with Gasteiger partial charge < -0.3 is 9.80 Å². The van der Waals surface area contributed by atoms with Crippen molar-refractivity contribution in [2.45, 2.75) is 38.1 Å². The van der Waals surface area contributed by atoms with Crippen molar-refractivity contribution in [2.24, 2.45) is 0 Å². The lowest BCUT2D eigenvalue weighted by Crippen LogP contribution is -2.44. The fourth-order valence-corrected chi connectivity index (χ4v) is 4.89. The van der Waals surface area contributed by atoms with E-state index in [4.69, 9.17) is 4.98 Å². The van der Waals surface area contributed by atoms with E-state index in [0.717, 1.165) is 62.8 Å². The number of likely N-dealkylation sites (N-methyl/N-ethyl adjacent to an activating group) is 1. The minimum atomic E-state index is -0.229. The summed E-state index contributed by atoms with van der Waals surface area (Å²) >= 11 is 0. The van der Waals surface area contributed by atoms with Crippen LogP contribution in [0.1, 0.15) is 48.7 Å². The zero-order chi connectivity index (χ0) is 22.1. The minimum absolute atomic E-state index is 0.115. The largest absolute Gasteiger partial charge is 0.369 e. The Hall–Kier alpha value is -3.24. The van der Waals surface area contributed by atoms with Crippen LogP contribution in [0.4, 0.5) is 5.69 Å². The molecule has 0 unspecified atom stereocenters. The van der Waals surface area contributed by atoms with Crippen LogP contribution in [0.15, 0.2) is 41.3 Å². The van der Waals surface area contributed by atoms with Crippen LogP contribution in [0.3, 0.4) is 0 Å². The van der Waals surface area contributed by atoms with E-state index in [-0.39, 0.29) is 17.2 Å². The first kappa shape index (κ1) is 20.7. The van der Waals surface area contributed by atoms with E-state index in [9.17, 15) is 10.1 Å². The van der Waals surface area contributed by atoms with Gasteiger partial charge in [0.2, 0.25) is 0 Å². The summed E-state index contributed by atoms with van der Waals surface area (Å²) in [5.41, 5.74) is 2.99. The zero-order valence-corrected chi connectivity index (χ0v) is 18.5. The molecular formula is C25H28N6O. The molecule has 1 aliphatic carbocycles. The molecule has 3 aromatic rings. The summed E-state index contributed by atoms with van der Waals surface area (Å²) in [6, 6.07) is 12.4. The van der Waals surface area contributed by atoms with Gasteiger partial charge in [0.05, 0.1) is 0 Å². The highest BCUT2D eigenvalue weighted by Crippen LogP contribution is 2.30. The van der Waals surface area contributed by atoms with Crippen LogP contribution < -0.4 is 10.5 Å². The SMILES string of the molecule is CN1CCN(c2ccc(Cc3ncc4cc(C#N)c(=O)n(C5CCCC5)c4n3)cc2)CC1. The molecule has 0 bridgehead atoms. The van der Waals surface area contributed by atoms with Crippen molar-refractivity contribution in [2.75, 3.05) is 38.1 Å². The summed E-state index contributed by atoms with van der Waals surface area (Å²) in [5, 5.41) is 10.2. The normalized spacial score (nSPS) is 17.7. The van der Waals surface area contributed by atoms with Gasteiger partial charge >= 0.3 is 0 Å². The molecular weight excluding hydrogens is 400 g/mol. The lowest BCUT2D eigenvalue weighted by Gasteiger charge is -2.34.